The predicted octanol–water partition coefficient (Wildman–Crippen LogP) is 5.15. The lowest BCUT2D eigenvalue weighted by Crippen LogP contribution is -2.22. The third-order valence-corrected chi connectivity index (χ3v) is 3.96. The third-order valence-electron chi connectivity index (χ3n) is 3.96. The largest absolute Gasteiger partial charge is 0.465 e. The highest BCUT2D eigenvalue weighted by molar-refractivity contribution is 5.83. The van der Waals surface area contributed by atoms with Crippen LogP contribution in [0.25, 0.3) is 10.8 Å². The lowest BCUT2D eigenvalue weighted by atomic mass is 10.0. The zero-order valence-electron chi connectivity index (χ0n) is 12.8. The summed E-state index contributed by atoms with van der Waals surface area (Å²) in [6.45, 7) is 6.30. The van der Waals surface area contributed by atoms with Gasteiger partial charge in [0.2, 0.25) is 0 Å². The normalized spacial score (nSPS) is 14.2. The van der Waals surface area contributed by atoms with Crippen LogP contribution >= 0.6 is 0 Å². The SMILES string of the molecule is Cc1ccc(C(C)NC(C)c2ccc3ccccc3c2)o1. The summed E-state index contributed by atoms with van der Waals surface area (Å²) >= 11 is 0. The van der Waals surface area contributed by atoms with E-state index in [1.807, 2.05) is 19.1 Å². The van der Waals surface area contributed by atoms with Crippen molar-refractivity contribution in [2.45, 2.75) is 32.9 Å². The summed E-state index contributed by atoms with van der Waals surface area (Å²) in [4.78, 5) is 0. The monoisotopic (exact) mass is 279 g/mol. The van der Waals surface area contributed by atoms with Gasteiger partial charge in [-0.05, 0) is 55.3 Å². The molecule has 1 N–H and O–H groups in total. The summed E-state index contributed by atoms with van der Waals surface area (Å²) in [5.74, 6) is 1.94. The van der Waals surface area contributed by atoms with Crippen LogP contribution in [0.4, 0.5) is 0 Å². The Hall–Kier alpha value is -2.06. The molecule has 21 heavy (non-hydrogen) atoms. The number of hydrogen-bond acceptors (Lipinski definition) is 2. The number of rotatable bonds is 4. The van der Waals surface area contributed by atoms with Crippen LogP contribution < -0.4 is 5.32 Å². The summed E-state index contributed by atoms with van der Waals surface area (Å²) in [5.41, 5.74) is 1.30. The number of benzene rings is 2. The Balaban J connectivity index is 1.78. The third kappa shape index (κ3) is 3.01. The fraction of sp³-hybridized carbons (Fsp3) is 0.263. The lowest BCUT2D eigenvalue weighted by Gasteiger charge is -2.19. The molecule has 0 aliphatic heterocycles. The number of aryl methyl sites for hydroxylation is 1. The first kappa shape index (κ1) is 13.9. The number of fused-ring (bicyclic) bond motifs is 1. The van der Waals surface area contributed by atoms with Crippen LogP contribution in [0.3, 0.4) is 0 Å². The molecule has 0 saturated heterocycles. The van der Waals surface area contributed by atoms with E-state index in [1.165, 1.54) is 16.3 Å². The van der Waals surface area contributed by atoms with Crippen LogP contribution in [0.15, 0.2) is 59.0 Å². The minimum atomic E-state index is 0.195. The average Bonchev–Trinajstić information content (AvgIpc) is 2.93. The van der Waals surface area contributed by atoms with Crippen LogP contribution in [0.2, 0.25) is 0 Å². The van der Waals surface area contributed by atoms with Crippen molar-refractivity contribution >= 4 is 10.8 Å². The van der Waals surface area contributed by atoms with E-state index in [0.717, 1.165) is 11.5 Å². The average molecular weight is 279 g/mol. The van der Waals surface area contributed by atoms with Gasteiger partial charge in [-0.3, -0.25) is 0 Å². The second-order valence-corrected chi connectivity index (χ2v) is 5.67. The molecule has 2 aromatic carbocycles. The second kappa shape index (κ2) is 5.74. The van der Waals surface area contributed by atoms with Gasteiger partial charge in [-0.25, -0.2) is 0 Å². The second-order valence-electron chi connectivity index (χ2n) is 5.67. The van der Waals surface area contributed by atoms with Crippen molar-refractivity contribution < 1.29 is 4.42 Å². The Morgan fingerprint density at radius 2 is 1.62 bits per heavy atom. The van der Waals surface area contributed by atoms with Gasteiger partial charge in [0.15, 0.2) is 0 Å². The molecule has 1 aromatic heterocycles. The van der Waals surface area contributed by atoms with Crippen molar-refractivity contribution in [2.75, 3.05) is 0 Å². The molecule has 2 nitrogen and oxygen atoms in total. The van der Waals surface area contributed by atoms with Gasteiger partial charge in [-0.15, -0.1) is 0 Å². The first-order valence-corrected chi connectivity index (χ1v) is 7.44. The highest BCUT2D eigenvalue weighted by atomic mass is 16.3. The van der Waals surface area contributed by atoms with Gasteiger partial charge in [0.05, 0.1) is 6.04 Å². The number of furan rings is 1. The summed E-state index contributed by atoms with van der Waals surface area (Å²) in [5, 5.41) is 6.16. The molecule has 0 bridgehead atoms. The topological polar surface area (TPSA) is 25.2 Å². The van der Waals surface area contributed by atoms with Crippen molar-refractivity contribution in [3.05, 3.63) is 71.7 Å². The van der Waals surface area contributed by atoms with E-state index in [-0.39, 0.29) is 12.1 Å². The van der Waals surface area contributed by atoms with Crippen LogP contribution in [0.1, 0.15) is 43.0 Å². The Morgan fingerprint density at radius 3 is 2.33 bits per heavy atom. The van der Waals surface area contributed by atoms with Crippen LogP contribution in [-0.4, -0.2) is 0 Å². The quantitative estimate of drug-likeness (QED) is 0.714. The Bertz CT molecular complexity index is 744. The zero-order chi connectivity index (χ0) is 14.8. The van der Waals surface area contributed by atoms with Crippen LogP contribution in [-0.2, 0) is 0 Å². The maximum atomic E-state index is 5.69. The molecule has 2 atom stereocenters. The molecule has 0 spiro atoms. The summed E-state index contributed by atoms with van der Waals surface area (Å²) < 4.78 is 5.69. The molecule has 0 fully saturated rings. The molecule has 0 amide bonds. The van der Waals surface area contributed by atoms with Crippen molar-refractivity contribution in [1.82, 2.24) is 5.32 Å². The summed E-state index contributed by atoms with van der Waals surface area (Å²) in [7, 11) is 0. The minimum absolute atomic E-state index is 0.195. The molecule has 0 radical (unpaired) electrons. The predicted molar refractivity (Wildman–Crippen MR) is 87.4 cm³/mol. The molecule has 1 heterocycles. The molecule has 2 heteroatoms. The van der Waals surface area contributed by atoms with Crippen LogP contribution in [0.5, 0.6) is 0 Å². The molecular formula is C19H21NO. The van der Waals surface area contributed by atoms with E-state index in [1.54, 1.807) is 0 Å². The van der Waals surface area contributed by atoms with Crippen molar-refractivity contribution in [3.63, 3.8) is 0 Å². The highest BCUT2D eigenvalue weighted by Crippen LogP contribution is 2.23. The standard InChI is InChI=1S/C19H21NO/c1-13-8-11-19(21-13)15(3)20-14(2)17-10-9-16-6-4-5-7-18(16)12-17/h4-12,14-15,20H,1-3H3. The number of hydrogen-bond donors (Lipinski definition) is 1. The maximum Gasteiger partial charge on any atom is 0.120 e. The van der Waals surface area contributed by atoms with Gasteiger partial charge in [0.25, 0.3) is 0 Å². The minimum Gasteiger partial charge on any atom is -0.465 e. The lowest BCUT2D eigenvalue weighted by molar-refractivity contribution is 0.392. The summed E-state index contributed by atoms with van der Waals surface area (Å²) in [6.07, 6.45) is 0. The molecular weight excluding hydrogens is 258 g/mol. The van der Waals surface area contributed by atoms with E-state index in [2.05, 4.69) is 61.6 Å². The van der Waals surface area contributed by atoms with E-state index in [0.29, 0.717) is 0 Å². The zero-order valence-corrected chi connectivity index (χ0v) is 12.8. The van der Waals surface area contributed by atoms with Gasteiger partial charge < -0.3 is 9.73 Å². The fourth-order valence-corrected chi connectivity index (χ4v) is 2.72. The molecule has 0 aliphatic carbocycles. The van der Waals surface area contributed by atoms with Crippen molar-refractivity contribution in [3.8, 4) is 0 Å². The van der Waals surface area contributed by atoms with E-state index < -0.39 is 0 Å². The molecule has 0 aliphatic rings. The van der Waals surface area contributed by atoms with E-state index >= 15 is 0 Å². The van der Waals surface area contributed by atoms with Crippen molar-refractivity contribution in [2.24, 2.45) is 0 Å². The molecule has 3 aromatic rings. The number of nitrogens with one attached hydrogen (secondary N) is 1. The Labute approximate surface area is 125 Å². The first-order valence-electron chi connectivity index (χ1n) is 7.44. The maximum absolute atomic E-state index is 5.69. The molecule has 3 rings (SSSR count). The molecule has 2 unspecified atom stereocenters. The molecule has 0 saturated carbocycles. The van der Waals surface area contributed by atoms with Gasteiger partial charge in [-0.1, -0.05) is 36.4 Å². The van der Waals surface area contributed by atoms with E-state index in [4.69, 9.17) is 4.42 Å². The highest BCUT2D eigenvalue weighted by Gasteiger charge is 2.14. The van der Waals surface area contributed by atoms with Crippen LogP contribution in [0, 0.1) is 6.92 Å². The van der Waals surface area contributed by atoms with Gasteiger partial charge >= 0.3 is 0 Å². The van der Waals surface area contributed by atoms with Gasteiger partial charge in [-0.2, -0.15) is 0 Å². The molecule has 108 valence electrons. The Morgan fingerprint density at radius 1 is 0.857 bits per heavy atom. The smallest absolute Gasteiger partial charge is 0.120 e. The Kier molecular flexibility index (Phi) is 3.80. The fourth-order valence-electron chi connectivity index (χ4n) is 2.72. The van der Waals surface area contributed by atoms with Crippen molar-refractivity contribution in [1.29, 1.82) is 0 Å². The first-order chi connectivity index (χ1) is 10.1. The summed E-state index contributed by atoms with van der Waals surface area (Å²) in [6, 6.07) is 19.6. The van der Waals surface area contributed by atoms with Gasteiger partial charge in [0, 0.05) is 6.04 Å². The van der Waals surface area contributed by atoms with E-state index in [9.17, 15) is 0 Å². The van der Waals surface area contributed by atoms with Gasteiger partial charge in [0.1, 0.15) is 11.5 Å².